The Morgan fingerprint density at radius 3 is 2.50 bits per heavy atom. The quantitative estimate of drug-likeness (QED) is 0.789. The van der Waals surface area contributed by atoms with E-state index in [0.29, 0.717) is 11.7 Å². The minimum Gasteiger partial charge on any atom is -0.491 e. The van der Waals surface area contributed by atoms with Crippen molar-refractivity contribution in [2.45, 2.75) is 25.8 Å². The van der Waals surface area contributed by atoms with Crippen molar-refractivity contribution in [2.24, 2.45) is 0 Å². The largest absolute Gasteiger partial charge is 0.491 e. The predicted octanol–water partition coefficient (Wildman–Crippen LogP) is 3.67. The molecule has 0 saturated carbocycles. The fraction of sp³-hybridized carbons (Fsp3) is 0.286. The molecule has 0 bridgehead atoms. The van der Waals surface area contributed by atoms with Gasteiger partial charge < -0.3 is 4.74 Å². The second-order valence-corrected chi connectivity index (χ2v) is 4.45. The van der Waals surface area contributed by atoms with Crippen molar-refractivity contribution in [3.63, 3.8) is 0 Å². The van der Waals surface area contributed by atoms with Gasteiger partial charge in [0, 0.05) is 11.8 Å². The monoisotopic (exact) mass is 262 g/mol. The number of aromatic nitrogens is 2. The minimum absolute atomic E-state index is 0.178. The fourth-order valence-electron chi connectivity index (χ4n) is 1.60. The first kappa shape index (κ1) is 12.8. The van der Waals surface area contributed by atoms with Gasteiger partial charge in [0.25, 0.3) is 0 Å². The molecule has 0 saturated heterocycles. The number of halogens is 1. The molecular weight excluding hydrogens is 248 g/mol. The lowest BCUT2D eigenvalue weighted by Gasteiger charge is -2.10. The first-order valence-corrected chi connectivity index (χ1v) is 6.37. The summed E-state index contributed by atoms with van der Waals surface area (Å²) >= 11 is 5.72. The highest BCUT2D eigenvalue weighted by molar-refractivity contribution is 6.16. The van der Waals surface area contributed by atoms with Crippen molar-refractivity contribution in [3.05, 3.63) is 42.4 Å². The summed E-state index contributed by atoms with van der Waals surface area (Å²) in [5.74, 6) is 1.82. The summed E-state index contributed by atoms with van der Waals surface area (Å²) < 4.78 is 5.60. The maximum Gasteiger partial charge on any atom is 0.143 e. The van der Waals surface area contributed by atoms with Gasteiger partial charge in [-0.25, -0.2) is 9.97 Å². The summed E-state index contributed by atoms with van der Waals surface area (Å²) in [6.07, 6.45) is 1.90. The van der Waals surface area contributed by atoms with Crippen LogP contribution in [0.5, 0.6) is 5.75 Å². The van der Waals surface area contributed by atoms with Gasteiger partial charge in [-0.3, -0.25) is 0 Å². The van der Waals surface area contributed by atoms with Gasteiger partial charge in [-0.1, -0.05) is 0 Å². The topological polar surface area (TPSA) is 35.0 Å². The highest BCUT2D eigenvalue weighted by atomic mass is 35.5. The summed E-state index contributed by atoms with van der Waals surface area (Å²) in [5, 5.41) is 0. The van der Waals surface area contributed by atoms with Crippen molar-refractivity contribution < 1.29 is 4.74 Å². The standard InChI is InChI=1S/C14H15ClN2O/c1-10(2)18-12-5-3-11(4-6-12)13-7-8-16-14(9-15)17-13/h3-8,10H,9H2,1-2H3. The fourth-order valence-corrected chi connectivity index (χ4v) is 1.73. The van der Waals surface area contributed by atoms with Gasteiger partial charge >= 0.3 is 0 Å². The van der Waals surface area contributed by atoms with Crippen molar-refractivity contribution in [2.75, 3.05) is 0 Å². The third kappa shape index (κ3) is 3.20. The molecule has 0 amide bonds. The lowest BCUT2D eigenvalue weighted by Crippen LogP contribution is -2.05. The highest BCUT2D eigenvalue weighted by Gasteiger charge is 2.03. The normalized spacial score (nSPS) is 10.7. The van der Waals surface area contributed by atoms with Crippen LogP contribution in [0.4, 0.5) is 0 Å². The van der Waals surface area contributed by atoms with Crippen LogP contribution in [0.25, 0.3) is 11.3 Å². The van der Waals surface area contributed by atoms with E-state index in [-0.39, 0.29) is 6.10 Å². The number of hydrogen-bond donors (Lipinski definition) is 0. The van der Waals surface area contributed by atoms with Crippen molar-refractivity contribution in [3.8, 4) is 17.0 Å². The molecule has 0 N–H and O–H groups in total. The molecule has 0 radical (unpaired) electrons. The Hall–Kier alpha value is -1.61. The molecule has 1 aromatic heterocycles. The summed E-state index contributed by atoms with van der Waals surface area (Å²) in [4.78, 5) is 8.44. The van der Waals surface area contributed by atoms with Crippen molar-refractivity contribution in [1.82, 2.24) is 9.97 Å². The van der Waals surface area contributed by atoms with E-state index in [1.807, 2.05) is 44.2 Å². The number of alkyl halides is 1. The average Bonchev–Trinajstić information content (AvgIpc) is 2.39. The molecule has 4 heteroatoms. The molecule has 1 heterocycles. The Bertz CT molecular complexity index is 511. The second kappa shape index (κ2) is 5.83. The van der Waals surface area contributed by atoms with Gasteiger partial charge in [0.2, 0.25) is 0 Å². The summed E-state index contributed by atoms with van der Waals surface area (Å²) in [6.45, 7) is 4.01. The van der Waals surface area contributed by atoms with E-state index in [0.717, 1.165) is 17.0 Å². The molecule has 0 unspecified atom stereocenters. The summed E-state index contributed by atoms with van der Waals surface area (Å²) in [7, 11) is 0. The predicted molar refractivity (Wildman–Crippen MR) is 72.8 cm³/mol. The van der Waals surface area contributed by atoms with Gasteiger partial charge in [0.15, 0.2) is 0 Å². The van der Waals surface area contributed by atoms with E-state index in [4.69, 9.17) is 16.3 Å². The Labute approximate surface area is 112 Å². The number of benzene rings is 1. The molecule has 0 aliphatic rings. The van der Waals surface area contributed by atoms with E-state index in [9.17, 15) is 0 Å². The minimum atomic E-state index is 0.178. The molecule has 3 nitrogen and oxygen atoms in total. The van der Waals surface area contributed by atoms with Crippen LogP contribution >= 0.6 is 11.6 Å². The van der Waals surface area contributed by atoms with Crippen LogP contribution < -0.4 is 4.74 Å². The molecule has 18 heavy (non-hydrogen) atoms. The number of hydrogen-bond acceptors (Lipinski definition) is 3. The highest BCUT2D eigenvalue weighted by Crippen LogP contribution is 2.21. The second-order valence-electron chi connectivity index (χ2n) is 4.18. The Morgan fingerprint density at radius 1 is 1.17 bits per heavy atom. The van der Waals surface area contributed by atoms with Crippen molar-refractivity contribution in [1.29, 1.82) is 0 Å². The van der Waals surface area contributed by atoms with E-state index in [2.05, 4.69) is 9.97 Å². The number of ether oxygens (including phenoxy) is 1. The Kier molecular flexibility index (Phi) is 4.15. The van der Waals surface area contributed by atoms with E-state index < -0.39 is 0 Å². The Balaban J connectivity index is 2.22. The summed E-state index contributed by atoms with van der Waals surface area (Å²) in [5.41, 5.74) is 1.90. The van der Waals surface area contributed by atoms with Crippen molar-refractivity contribution >= 4 is 11.6 Å². The van der Waals surface area contributed by atoms with Gasteiger partial charge in [-0.05, 0) is 44.2 Å². The zero-order valence-corrected chi connectivity index (χ0v) is 11.2. The van der Waals surface area contributed by atoms with E-state index >= 15 is 0 Å². The molecule has 94 valence electrons. The van der Waals surface area contributed by atoms with E-state index in [1.165, 1.54) is 0 Å². The first-order valence-electron chi connectivity index (χ1n) is 5.84. The van der Waals surface area contributed by atoms with Crippen LogP contribution in [-0.4, -0.2) is 16.1 Å². The molecule has 0 fully saturated rings. The molecule has 0 atom stereocenters. The lowest BCUT2D eigenvalue weighted by atomic mass is 10.1. The number of nitrogens with zero attached hydrogens (tertiary/aromatic N) is 2. The van der Waals surface area contributed by atoms with Crippen LogP contribution in [0.15, 0.2) is 36.5 Å². The van der Waals surface area contributed by atoms with Crippen LogP contribution in [0.1, 0.15) is 19.7 Å². The molecular formula is C14H15ClN2O. The average molecular weight is 263 g/mol. The van der Waals surface area contributed by atoms with Crippen LogP contribution in [0.2, 0.25) is 0 Å². The zero-order chi connectivity index (χ0) is 13.0. The molecule has 2 rings (SSSR count). The smallest absolute Gasteiger partial charge is 0.143 e. The van der Waals surface area contributed by atoms with Gasteiger partial charge in [0.05, 0.1) is 17.7 Å². The van der Waals surface area contributed by atoms with Crippen LogP contribution in [0.3, 0.4) is 0 Å². The first-order chi connectivity index (χ1) is 8.69. The van der Waals surface area contributed by atoms with E-state index in [1.54, 1.807) is 6.20 Å². The Morgan fingerprint density at radius 2 is 1.89 bits per heavy atom. The SMILES string of the molecule is CC(C)Oc1ccc(-c2ccnc(CCl)n2)cc1. The van der Waals surface area contributed by atoms with Gasteiger partial charge in [-0.15, -0.1) is 11.6 Å². The lowest BCUT2D eigenvalue weighted by molar-refractivity contribution is 0.242. The van der Waals surface area contributed by atoms with Gasteiger partial charge in [0.1, 0.15) is 11.6 Å². The third-order valence-electron chi connectivity index (χ3n) is 2.35. The molecule has 0 spiro atoms. The van der Waals surface area contributed by atoms with Crippen LogP contribution in [-0.2, 0) is 5.88 Å². The molecule has 2 aromatic rings. The van der Waals surface area contributed by atoms with Gasteiger partial charge in [-0.2, -0.15) is 0 Å². The molecule has 1 aromatic carbocycles. The third-order valence-corrected chi connectivity index (χ3v) is 2.59. The molecule has 0 aliphatic heterocycles. The number of rotatable bonds is 4. The molecule has 0 aliphatic carbocycles. The maximum absolute atomic E-state index is 5.72. The van der Waals surface area contributed by atoms with Crippen LogP contribution in [0, 0.1) is 0 Å². The zero-order valence-electron chi connectivity index (χ0n) is 10.4. The summed E-state index contributed by atoms with van der Waals surface area (Å²) in [6, 6.07) is 9.72. The maximum atomic E-state index is 5.72.